The van der Waals surface area contributed by atoms with Gasteiger partial charge >= 0.3 is 0 Å². The van der Waals surface area contributed by atoms with Crippen LogP contribution >= 0.6 is 15.9 Å². The van der Waals surface area contributed by atoms with Gasteiger partial charge in [0.15, 0.2) is 0 Å². The van der Waals surface area contributed by atoms with Crippen LogP contribution in [-0.2, 0) is 11.3 Å². The highest BCUT2D eigenvalue weighted by atomic mass is 79.9. The van der Waals surface area contributed by atoms with Crippen LogP contribution in [0.25, 0.3) is 0 Å². The molecule has 1 aliphatic heterocycles. The van der Waals surface area contributed by atoms with Crippen LogP contribution in [0.3, 0.4) is 0 Å². The van der Waals surface area contributed by atoms with Crippen LogP contribution in [0.5, 0.6) is 0 Å². The Morgan fingerprint density at radius 3 is 2.94 bits per heavy atom. The van der Waals surface area contributed by atoms with Crippen molar-refractivity contribution in [3.63, 3.8) is 0 Å². The van der Waals surface area contributed by atoms with E-state index in [1.54, 1.807) is 0 Å². The number of nitrogens with one attached hydrogen (secondary N) is 1. The molecule has 1 N–H and O–H groups in total. The molecule has 2 rings (SSSR count). The van der Waals surface area contributed by atoms with E-state index in [0.717, 1.165) is 29.5 Å². The molecule has 3 nitrogen and oxygen atoms in total. The zero-order chi connectivity index (χ0) is 13.2. The van der Waals surface area contributed by atoms with E-state index in [9.17, 15) is 4.79 Å². The quantitative estimate of drug-likeness (QED) is 0.930. The van der Waals surface area contributed by atoms with Gasteiger partial charge in [0.1, 0.15) is 0 Å². The van der Waals surface area contributed by atoms with E-state index in [-0.39, 0.29) is 11.3 Å². The lowest BCUT2D eigenvalue weighted by Crippen LogP contribution is -2.41. The summed E-state index contributed by atoms with van der Waals surface area (Å²) in [4.78, 5) is 14.3. The molecule has 1 aromatic carbocycles. The van der Waals surface area contributed by atoms with Crippen LogP contribution in [0.1, 0.15) is 18.9 Å². The molecule has 0 spiro atoms. The summed E-state index contributed by atoms with van der Waals surface area (Å²) >= 11 is 3.45. The summed E-state index contributed by atoms with van der Waals surface area (Å²) in [5.41, 5.74) is 0.913. The minimum Gasteiger partial charge on any atom is -0.341 e. The van der Waals surface area contributed by atoms with Gasteiger partial charge in [-0.15, -0.1) is 0 Å². The Bertz CT molecular complexity index is 441. The van der Waals surface area contributed by atoms with E-state index < -0.39 is 0 Å². The average molecular weight is 311 g/mol. The Kier molecular flexibility index (Phi) is 4.07. The normalized spacial score (nSPS) is 23.1. The number of benzene rings is 1. The molecule has 1 unspecified atom stereocenters. The molecule has 0 aromatic heterocycles. The number of hydrogen-bond donors (Lipinski definition) is 1. The fraction of sp³-hybridized carbons (Fsp3) is 0.500. The van der Waals surface area contributed by atoms with E-state index in [1.807, 2.05) is 37.1 Å². The van der Waals surface area contributed by atoms with E-state index in [1.165, 1.54) is 0 Å². The third-order valence-corrected chi connectivity index (χ3v) is 4.03. The third-order valence-electron chi connectivity index (χ3n) is 3.54. The highest BCUT2D eigenvalue weighted by Crippen LogP contribution is 2.27. The maximum Gasteiger partial charge on any atom is 0.229 e. The smallest absolute Gasteiger partial charge is 0.229 e. The molecule has 18 heavy (non-hydrogen) atoms. The number of carbonyl (C=O) groups is 1. The molecule has 98 valence electrons. The molecule has 0 radical (unpaired) electrons. The summed E-state index contributed by atoms with van der Waals surface area (Å²) in [6, 6.07) is 8.09. The molecular weight excluding hydrogens is 292 g/mol. The Morgan fingerprint density at radius 2 is 2.33 bits per heavy atom. The second kappa shape index (κ2) is 5.41. The van der Waals surface area contributed by atoms with E-state index in [4.69, 9.17) is 0 Å². The zero-order valence-corrected chi connectivity index (χ0v) is 12.5. The van der Waals surface area contributed by atoms with Gasteiger partial charge < -0.3 is 10.2 Å². The first kappa shape index (κ1) is 13.6. The van der Waals surface area contributed by atoms with Gasteiger partial charge in [-0.2, -0.15) is 0 Å². The summed E-state index contributed by atoms with van der Waals surface area (Å²) in [6.07, 6.45) is 0.925. The lowest BCUT2D eigenvalue weighted by Gasteiger charge is -2.28. The predicted molar refractivity (Wildman–Crippen MR) is 76.2 cm³/mol. The molecular formula is C14H19BrN2O. The monoisotopic (exact) mass is 310 g/mol. The first-order valence-electron chi connectivity index (χ1n) is 6.22. The van der Waals surface area contributed by atoms with Crippen LogP contribution in [0, 0.1) is 5.41 Å². The Labute approximate surface area is 117 Å². The molecule has 1 saturated heterocycles. The number of carbonyl (C=O) groups excluding carboxylic acids is 1. The molecule has 0 aliphatic carbocycles. The molecule has 4 heteroatoms. The molecule has 1 atom stereocenters. The highest BCUT2D eigenvalue weighted by molar-refractivity contribution is 9.10. The average Bonchev–Trinajstić information content (AvgIpc) is 2.76. The van der Waals surface area contributed by atoms with Crippen molar-refractivity contribution in [2.75, 3.05) is 20.1 Å². The SMILES string of the molecule is CN(Cc1cccc(Br)c1)C(=O)C1(C)CCNC1. The Balaban J connectivity index is 2.03. The zero-order valence-electron chi connectivity index (χ0n) is 10.9. The van der Waals surface area contributed by atoms with Crippen molar-refractivity contribution in [3.05, 3.63) is 34.3 Å². The predicted octanol–water partition coefficient (Wildman–Crippen LogP) is 2.41. The fourth-order valence-electron chi connectivity index (χ4n) is 2.44. The number of amides is 1. The van der Waals surface area contributed by atoms with Crippen LogP contribution in [0.2, 0.25) is 0 Å². The van der Waals surface area contributed by atoms with E-state index in [0.29, 0.717) is 6.54 Å². The number of rotatable bonds is 3. The molecule has 1 fully saturated rings. The first-order valence-corrected chi connectivity index (χ1v) is 7.01. The molecule has 1 amide bonds. The van der Waals surface area contributed by atoms with Gasteiger partial charge in [-0.25, -0.2) is 0 Å². The van der Waals surface area contributed by atoms with Crippen molar-refractivity contribution in [1.29, 1.82) is 0 Å². The van der Waals surface area contributed by atoms with Gasteiger partial charge in [0.05, 0.1) is 5.41 Å². The standard InChI is InChI=1S/C14H19BrN2O/c1-14(6-7-16-10-14)13(18)17(2)9-11-4-3-5-12(15)8-11/h3-5,8,16H,6-7,9-10H2,1-2H3. The van der Waals surface area contributed by atoms with Crippen LogP contribution < -0.4 is 5.32 Å². The summed E-state index contributed by atoms with van der Waals surface area (Å²) in [5.74, 6) is 0.229. The van der Waals surface area contributed by atoms with E-state index >= 15 is 0 Å². The van der Waals surface area contributed by atoms with Gasteiger partial charge in [-0.1, -0.05) is 28.1 Å². The molecule has 1 aromatic rings. The summed E-state index contributed by atoms with van der Waals surface area (Å²) in [6.45, 7) is 4.43. The number of halogens is 1. The molecule has 1 aliphatic rings. The second-order valence-corrected chi connectivity index (χ2v) is 6.19. The second-order valence-electron chi connectivity index (χ2n) is 5.28. The summed E-state index contributed by atoms with van der Waals surface area (Å²) in [7, 11) is 1.88. The molecule has 0 saturated carbocycles. The fourth-order valence-corrected chi connectivity index (χ4v) is 2.89. The maximum absolute atomic E-state index is 12.4. The topological polar surface area (TPSA) is 32.3 Å². The number of nitrogens with zero attached hydrogens (tertiary/aromatic N) is 1. The van der Waals surface area contributed by atoms with Gasteiger partial charge in [0.25, 0.3) is 0 Å². The lowest BCUT2D eigenvalue weighted by molar-refractivity contribution is -0.139. The van der Waals surface area contributed by atoms with E-state index in [2.05, 4.69) is 27.3 Å². The van der Waals surface area contributed by atoms with Gasteiger partial charge in [0.2, 0.25) is 5.91 Å². The minimum absolute atomic E-state index is 0.229. The Morgan fingerprint density at radius 1 is 1.56 bits per heavy atom. The molecule has 1 heterocycles. The Hall–Kier alpha value is -0.870. The summed E-state index contributed by atoms with van der Waals surface area (Å²) < 4.78 is 1.05. The third kappa shape index (κ3) is 2.93. The lowest BCUT2D eigenvalue weighted by atomic mass is 9.88. The first-order chi connectivity index (χ1) is 8.51. The van der Waals surface area contributed by atoms with Crippen molar-refractivity contribution < 1.29 is 4.79 Å². The number of hydrogen-bond acceptors (Lipinski definition) is 2. The molecule has 0 bridgehead atoms. The van der Waals surface area contributed by atoms with Crippen LogP contribution in [0.4, 0.5) is 0 Å². The van der Waals surface area contributed by atoms with Crippen molar-refractivity contribution in [2.45, 2.75) is 19.9 Å². The van der Waals surface area contributed by atoms with Gasteiger partial charge in [-0.05, 0) is 37.6 Å². The van der Waals surface area contributed by atoms with Crippen LogP contribution in [-0.4, -0.2) is 30.9 Å². The minimum atomic E-state index is -0.235. The summed E-state index contributed by atoms with van der Waals surface area (Å²) in [5, 5.41) is 3.27. The highest BCUT2D eigenvalue weighted by Gasteiger charge is 2.38. The van der Waals surface area contributed by atoms with Crippen molar-refractivity contribution in [2.24, 2.45) is 5.41 Å². The van der Waals surface area contributed by atoms with Crippen molar-refractivity contribution in [1.82, 2.24) is 10.2 Å². The maximum atomic E-state index is 12.4. The van der Waals surface area contributed by atoms with Gasteiger partial charge in [0, 0.05) is 24.6 Å². The van der Waals surface area contributed by atoms with Crippen molar-refractivity contribution in [3.8, 4) is 0 Å². The van der Waals surface area contributed by atoms with Gasteiger partial charge in [-0.3, -0.25) is 4.79 Å². The van der Waals surface area contributed by atoms with Crippen LogP contribution in [0.15, 0.2) is 28.7 Å². The largest absolute Gasteiger partial charge is 0.341 e. The van der Waals surface area contributed by atoms with Crippen molar-refractivity contribution >= 4 is 21.8 Å².